The van der Waals surface area contributed by atoms with Crippen molar-refractivity contribution in [1.82, 2.24) is 14.9 Å². The fourth-order valence-corrected chi connectivity index (χ4v) is 2.16. The molecule has 1 aromatic rings. The first-order valence-corrected chi connectivity index (χ1v) is 6.28. The van der Waals surface area contributed by atoms with Crippen LogP contribution < -0.4 is 5.32 Å². The van der Waals surface area contributed by atoms with Gasteiger partial charge in [0.1, 0.15) is 5.82 Å². The summed E-state index contributed by atoms with van der Waals surface area (Å²) in [5.74, 6) is 1.79. The van der Waals surface area contributed by atoms with Crippen molar-refractivity contribution in [2.24, 2.45) is 5.92 Å². The van der Waals surface area contributed by atoms with Crippen LogP contribution in [0.25, 0.3) is 0 Å². The number of aromatic nitrogens is 2. The first-order valence-electron chi connectivity index (χ1n) is 6.28. The normalized spacial score (nSPS) is 17.2. The summed E-state index contributed by atoms with van der Waals surface area (Å²) >= 11 is 0. The second-order valence-corrected chi connectivity index (χ2v) is 5.19. The number of hydrogen-bond donors (Lipinski definition) is 1. The molecule has 0 radical (unpaired) electrons. The van der Waals surface area contributed by atoms with E-state index in [1.165, 1.54) is 12.8 Å². The standard InChI is InChI=1S/C13H22N4/c1-9-7-14-10(2)13(16-9)15-8-12(17(3)4)11-5-6-11/h7,11-12H,5-6,8H2,1-4H3,(H,15,16). The molecular weight excluding hydrogens is 212 g/mol. The topological polar surface area (TPSA) is 41.1 Å². The van der Waals surface area contributed by atoms with E-state index in [4.69, 9.17) is 0 Å². The maximum absolute atomic E-state index is 4.49. The van der Waals surface area contributed by atoms with Gasteiger partial charge in [-0.3, -0.25) is 4.98 Å². The fourth-order valence-electron chi connectivity index (χ4n) is 2.16. The molecule has 4 nitrogen and oxygen atoms in total. The quantitative estimate of drug-likeness (QED) is 0.844. The Kier molecular flexibility index (Phi) is 3.62. The minimum atomic E-state index is 0.608. The van der Waals surface area contributed by atoms with Gasteiger partial charge >= 0.3 is 0 Å². The Morgan fingerprint density at radius 1 is 1.41 bits per heavy atom. The van der Waals surface area contributed by atoms with E-state index >= 15 is 0 Å². The molecule has 1 atom stereocenters. The number of nitrogens with zero attached hydrogens (tertiary/aromatic N) is 3. The van der Waals surface area contributed by atoms with Crippen LogP contribution in [0.3, 0.4) is 0 Å². The predicted octanol–water partition coefficient (Wildman–Crippen LogP) is 1.85. The SMILES string of the molecule is Cc1cnc(C)c(NCC(C2CC2)N(C)C)n1. The number of nitrogens with one attached hydrogen (secondary N) is 1. The Labute approximate surface area is 103 Å². The minimum Gasteiger partial charge on any atom is -0.367 e. The molecule has 0 saturated heterocycles. The maximum atomic E-state index is 4.49. The molecule has 0 aromatic carbocycles. The fraction of sp³-hybridized carbons (Fsp3) is 0.692. The molecule has 0 bridgehead atoms. The molecular formula is C13H22N4. The molecule has 4 heteroatoms. The van der Waals surface area contributed by atoms with Crippen LogP contribution in [-0.4, -0.2) is 41.5 Å². The molecule has 0 aliphatic heterocycles. The summed E-state index contributed by atoms with van der Waals surface area (Å²) in [7, 11) is 4.30. The van der Waals surface area contributed by atoms with Gasteiger partial charge in [0.15, 0.2) is 0 Å². The van der Waals surface area contributed by atoms with Crippen molar-refractivity contribution in [2.75, 3.05) is 26.0 Å². The summed E-state index contributed by atoms with van der Waals surface area (Å²) in [6.45, 7) is 4.93. The van der Waals surface area contributed by atoms with Crippen LogP contribution in [0.5, 0.6) is 0 Å². The molecule has 2 rings (SSSR count). The molecule has 1 aromatic heterocycles. The number of anilines is 1. The molecule has 1 heterocycles. The third-order valence-electron chi connectivity index (χ3n) is 3.38. The molecule has 94 valence electrons. The molecule has 0 amide bonds. The lowest BCUT2D eigenvalue weighted by Crippen LogP contribution is -2.36. The lowest BCUT2D eigenvalue weighted by molar-refractivity contribution is 0.276. The number of likely N-dealkylation sites (N-methyl/N-ethyl adjacent to an activating group) is 1. The van der Waals surface area contributed by atoms with Gasteiger partial charge in [0.25, 0.3) is 0 Å². The van der Waals surface area contributed by atoms with E-state index in [2.05, 4.69) is 34.3 Å². The molecule has 1 aliphatic rings. The van der Waals surface area contributed by atoms with Gasteiger partial charge in [-0.15, -0.1) is 0 Å². The van der Waals surface area contributed by atoms with Gasteiger partial charge < -0.3 is 10.2 Å². The van der Waals surface area contributed by atoms with Crippen molar-refractivity contribution in [3.8, 4) is 0 Å². The molecule has 1 saturated carbocycles. The highest BCUT2D eigenvalue weighted by molar-refractivity contribution is 5.39. The molecule has 1 unspecified atom stereocenters. The van der Waals surface area contributed by atoms with Gasteiger partial charge in [-0.2, -0.15) is 0 Å². The van der Waals surface area contributed by atoms with E-state index in [0.717, 1.165) is 29.7 Å². The van der Waals surface area contributed by atoms with Gasteiger partial charge in [-0.25, -0.2) is 4.98 Å². The van der Waals surface area contributed by atoms with Crippen LogP contribution >= 0.6 is 0 Å². The highest BCUT2D eigenvalue weighted by Crippen LogP contribution is 2.34. The Morgan fingerprint density at radius 3 is 2.71 bits per heavy atom. The van der Waals surface area contributed by atoms with Crippen LogP contribution in [0, 0.1) is 19.8 Å². The smallest absolute Gasteiger partial charge is 0.147 e. The number of aryl methyl sites for hydroxylation is 2. The van der Waals surface area contributed by atoms with Gasteiger partial charge in [-0.1, -0.05) is 0 Å². The lowest BCUT2D eigenvalue weighted by Gasteiger charge is -2.24. The van der Waals surface area contributed by atoms with Gasteiger partial charge in [-0.05, 0) is 46.7 Å². The maximum Gasteiger partial charge on any atom is 0.147 e. The summed E-state index contributed by atoms with van der Waals surface area (Å²) in [4.78, 5) is 11.1. The van der Waals surface area contributed by atoms with E-state index in [1.54, 1.807) is 0 Å². The Bertz CT molecular complexity index is 383. The summed E-state index contributed by atoms with van der Waals surface area (Å²) in [5.41, 5.74) is 1.94. The van der Waals surface area contributed by atoms with E-state index in [-0.39, 0.29) is 0 Å². The minimum absolute atomic E-state index is 0.608. The highest BCUT2D eigenvalue weighted by atomic mass is 15.1. The zero-order valence-corrected chi connectivity index (χ0v) is 11.2. The van der Waals surface area contributed by atoms with Crippen molar-refractivity contribution in [1.29, 1.82) is 0 Å². The van der Waals surface area contributed by atoms with E-state index in [9.17, 15) is 0 Å². The third-order valence-corrected chi connectivity index (χ3v) is 3.38. The van der Waals surface area contributed by atoms with Crippen molar-refractivity contribution in [3.05, 3.63) is 17.6 Å². The first kappa shape index (κ1) is 12.3. The summed E-state index contributed by atoms with van der Waals surface area (Å²) < 4.78 is 0. The lowest BCUT2D eigenvalue weighted by atomic mass is 10.1. The Hall–Kier alpha value is -1.16. The van der Waals surface area contributed by atoms with Crippen molar-refractivity contribution in [3.63, 3.8) is 0 Å². The van der Waals surface area contributed by atoms with Gasteiger partial charge in [0.2, 0.25) is 0 Å². The molecule has 1 N–H and O–H groups in total. The van der Waals surface area contributed by atoms with Crippen LogP contribution in [0.4, 0.5) is 5.82 Å². The highest BCUT2D eigenvalue weighted by Gasteiger charge is 2.32. The van der Waals surface area contributed by atoms with E-state index in [1.807, 2.05) is 20.0 Å². The van der Waals surface area contributed by atoms with Crippen molar-refractivity contribution in [2.45, 2.75) is 32.7 Å². The summed E-state index contributed by atoms with van der Waals surface area (Å²) in [6, 6.07) is 0.608. The van der Waals surface area contributed by atoms with E-state index in [0.29, 0.717) is 6.04 Å². The zero-order chi connectivity index (χ0) is 12.4. The molecule has 1 fully saturated rings. The van der Waals surface area contributed by atoms with Crippen LogP contribution in [0.2, 0.25) is 0 Å². The summed E-state index contributed by atoms with van der Waals surface area (Å²) in [5, 5.41) is 3.44. The average molecular weight is 234 g/mol. The number of rotatable bonds is 5. The second-order valence-electron chi connectivity index (χ2n) is 5.19. The molecule has 17 heavy (non-hydrogen) atoms. The number of hydrogen-bond acceptors (Lipinski definition) is 4. The van der Waals surface area contributed by atoms with Crippen molar-refractivity contribution >= 4 is 5.82 Å². The predicted molar refractivity (Wildman–Crippen MR) is 70.2 cm³/mol. The Balaban J connectivity index is 1.98. The van der Waals surface area contributed by atoms with Crippen LogP contribution in [0.15, 0.2) is 6.20 Å². The third kappa shape index (κ3) is 3.16. The summed E-state index contributed by atoms with van der Waals surface area (Å²) in [6.07, 6.45) is 4.54. The van der Waals surface area contributed by atoms with Crippen molar-refractivity contribution < 1.29 is 0 Å². The van der Waals surface area contributed by atoms with Gasteiger partial charge in [0.05, 0.1) is 11.4 Å². The van der Waals surface area contributed by atoms with E-state index < -0.39 is 0 Å². The second kappa shape index (κ2) is 5.00. The van der Waals surface area contributed by atoms with Gasteiger partial charge in [0, 0.05) is 18.8 Å². The molecule has 1 aliphatic carbocycles. The average Bonchev–Trinajstić information content (AvgIpc) is 3.07. The van der Waals surface area contributed by atoms with Crippen LogP contribution in [-0.2, 0) is 0 Å². The monoisotopic (exact) mass is 234 g/mol. The Morgan fingerprint density at radius 2 is 2.12 bits per heavy atom. The first-order chi connectivity index (χ1) is 8.08. The van der Waals surface area contributed by atoms with Crippen LogP contribution in [0.1, 0.15) is 24.2 Å². The largest absolute Gasteiger partial charge is 0.367 e. The zero-order valence-electron chi connectivity index (χ0n) is 11.2. The molecule has 0 spiro atoms.